The fraction of sp³-hybridized carbons (Fsp3) is 0.667. The van der Waals surface area contributed by atoms with Crippen LogP contribution in [0, 0.1) is 0 Å². The van der Waals surface area contributed by atoms with Crippen molar-refractivity contribution in [2.75, 3.05) is 24.7 Å². The average Bonchev–Trinajstić information content (AvgIpc) is 1.97. The quantitative estimate of drug-likeness (QED) is 0.637. The Morgan fingerprint density at radius 1 is 1.10 bits per heavy atom. The number of hydrogen-bond acceptors (Lipinski definition) is 4. The molecule has 2 nitrogen and oxygen atoms in total. The van der Waals surface area contributed by atoms with Crippen molar-refractivity contribution in [1.82, 2.24) is 0 Å². The van der Waals surface area contributed by atoms with E-state index in [-0.39, 0.29) is 13.2 Å². The second-order valence-corrected chi connectivity index (χ2v) is 4.15. The summed E-state index contributed by atoms with van der Waals surface area (Å²) >= 11 is 3.05. The van der Waals surface area contributed by atoms with Gasteiger partial charge in [0.2, 0.25) is 0 Å². The minimum atomic E-state index is 0.184. The van der Waals surface area contributed by atoms with Gasteiger partial charge in [0.15, 0.2) is 0 Å². The van der Waals surface area contributed by atoms with Crippen molar-refractivity contribution >= 4 is 23.5 Å². The van der Waals surface area contributed by atoms with Crippen LogP contribution in [-0.2, 0) is 0 Å². The Morgan fingerprint density at radius 2 is 1.50 bits per heavy atom. The molecule has 60 valence electrons. The third kappa shape index (κ3) is 6.48. The molecular weight excluding hydrogens is 168 g/mol. The number of aliphatic hydroxyl groups is 2. The van der Waals surface area contributed by atoms with Crippen molar-refractivity contribution < 1.29 is 10.2 Å². The van der Waals surface area contributed by atoms with Crippen LogP contribution in [0.2, 0.25) is 0 Å². The summed E-state index contributed by atoms with van der Waals surface area (Å²) in [5.74, 6) is 1.38. The van der Waals surface area contributed by atoms with Gasteiger partial charge in [-0.25, -0.2) is 0 Å². The minimum absolute atomic E-state index is 0.184. The third-order valence-corrected chi connectivity index (χ3v) is 2.83. The molecule has 0 aromatic heterocycles. The lowest BCUT2D eigenvalue weighted by Crippen LogP contribution is -1.87. The molecule has 0 bridgehead atoms. The molecule has 0 aliphatic heterocycles. The SMILES string of the molecule is C=C(SCCO)SCCO. The van der Waals surface area contributed by atoms with Crippen molar-refractivity contribution in [3.63, 3.8) is 0 Å². The zero-order valence-electron chi connectivity index (χ0n) is 5.75. The predicted molar refractivity (Wildman–Crippen MR) is 48.2 cm³/mol. The maximum absolute atomic E-state index is 8.42. The van der Waals surface area contributed by atoms with Crippen molar-refractivity contribution in [3.05, 3.63) is 10.8 Å². The average molecular weight is 180 g/mol. The van der Waals surface area contributed by atoms with Gasteiger partial charge in [0, 0.05) is 15.7 Å². The van der Waals surface area contributed by atoms with Gasteiger partial charge in [-0.3, -0.25) is 0 Å². The highest BCUT2D eigenvalue weighted by Gasteiger charge is 1.93. The molecule has 0 aliphatic rings. The first-order valence-corrected chi connectivity index (χ1v) is 4.94. The number of hydrogen-bond donors (Lipinski definition) is 2. The molecule has 0 unspecified atom stereocenters. The first-order chi connectivity index (χ1) is 4.81. The highest BCUT2D eigenvalue weighted by molar-refractivity contribution is 8.22. The maximum atomic E-state index is 8.42. The summed E-state index contributed by atoms with van der Waals surface area (Å²) < 4.78 is 0.961. The zero-order chi connectivity index (χ0) is 7.82. The smallest absolute Gasteiger partial charge is 0.0525 e. The lowest BCUT2D eigenvalue weighted by atomic mass is 10.9. The monoisotopic (exact) mass is 180 g/mol. The maximum Gasteiger partial charge on any atom is 0.0525 e. The summed E-state index contributed by atoms with van der Waals surface area (Å²) in [4.78, 5) is 0. The van der Waals surface area contributed by atoms with Gasteiger partial charge in [-0.2, -0.15) is 0 Å². The summed E-state index contributed by atoms with van der Waals surface area (Å²) in [5.41, 5.74) is 0. The fourth-order valence-electron chi connectivity index (χ4n) is 0.361. The molecule has 0 heterocycles. The van der Waals surface area contributed by atoms with Crippen molar-refractivity contribution in [1.29, 1.82) is 0 Å². The van der Waals surface area contributed by atoms with E-state index in [2.05, 4.69) is 6.58 Å². The topological polar surface area (TPSA) is 40.5 Å². The molecule has 0 radical (unpaired) electrons. The van der Waals surface area contributed by atoms with Gasteiger partial charge in [0.25, 0.3) is 0 Å². The Balaban J connectivity index is 3.09. The van der Waals surface area contributed by atoms with Crippen LogP contribution in [0.1, 0.15) is 0 Å². The lowest BCUT2D eigenvalue weighted by Gasteiger charge is -2.00. The van der Waals surface area contributed by atoms with Crippen molar-refractivity contribution in [3.8, 4) is 0 Å². The lowest BCUT2D eigenvalue weighted by molar-refractivity contribution is 0.322. The van der Waals surface area contributed by atoms with Gasteiger partial charge < -0.3 is 10.2 Å². The van der Waals surface area contributed by atoms with Gasteiger partial charge in [-0.05, 0) is 0 Å². The summed E-state index contributed by atoms with van der Waals surface area (Å²) in [5, 5.41) is 16.8. The van der Waals surface area contributed by atoms with E-state index in [0.717, 1.165) is 4.24 Å². The minimum Gasteiger partial charge on any atom is -0.396 e. The molecule has 4 heteroatoms. The van der Waals surface area contributed by atoms with Crippen LogP contribution in [0.15, 0.2) is 10.8 Å². The summed E-state index contributed by atoms with van der Waals surface area (Å²) in [6, 6.07) is 0. The second kappa shape index (κ2) is 7.47. The first kappa shape index (κ1) is 10.4. The van der Waals surface area contributed by atoms with Crippen molar-refractivity contribution in [2.24, 2.45) is 0 Å². The van der Waals surface area contributed by atoms with Gasteiger partial charge in [0.05, 0.1) is 13.2 Å². The van der Waals surface area contributed by atoms with E-state index in [1.165, 1.54) is 23.5 Å². The first-order valence-electron chi connectivity index (χ1n) is 2.97. The van der Waals surface area contributed by atoms with Crippen molar-refractivity contribution in [2.45, 2.75) is 0 Å². The van der Waals surface area contributed by atoms with E-state index in [4.69, 9.17) is 10.2 Å². The van der Waals surface area contributed by atoms with Crippen LogP contribution in [0.3, 0.4) is 0 Å². The molecule has 0 amide bonds. The molecular formula is C6H12O2S2. The number of rotatable bonds is 6. The molecule has 0 aliphatic carbocycles. The molecule has 0 saturated heterocycles. The molecule has 10 heavy (non-hydrogen) atoms. The summed E-state index contributed by atoms with van der Waals surface area (Å²) in [6.45, 7) is 4.10. The van der Waals surface area contributed by atoms with Crippen LogP contribution in [-0.4, -0.2) is 34.9 Å². The Labute approximate surface area is 69.7 Å². The van der Waals surface area contributed by atoms with Crippen LogP contribution < -0.4 is 0 Å². The van der Waals surface area contributed by atoms with Crippen LogP contribution in [0.25, 0.3) is 0 Å². The predicted octanol–water partition coefficient (Wildman–Crippen LogP) is 0.909. The zero-order valence-corrected chi connectivity index (χ0v) is 7.38. The molecule has 0 saturated carbocycles. The molecule has 0 fully saturated rings. The standard InChI is InChI=1S/C6H12O2S2/c1-6(9-4-2-7)10-5-3-8/h7-8H,1-5H2. The second-order valence-electron chi connectivity index (χ2n) is 1.52. The van der Waals surface area contributed by atoms with Gasteiger partial charge in [-0.1, -0.05) is 6.58 Å². The highest BCUT2D eigenvalue weighted by atomic mass is 32.2. The Bertz CT molecular complexity index is 85.7. The van der Waals surface area contributed by atoms with E-state index in [1.54, 1.807) is 0 Å². The Morgan fingerprint density at radius 3 is 1.80 bits per heavy atom. The third-order valence-electron chi connectivity index (χ3n) is 0.709. The largest absolute Gasteiger partial charge is 0.396 e. The summed E-state index contributed by atoms with van der Waals surface area (Å²) in [7, 11) is 0. The Hall–Kier alpha value is 0.360. The molecule has 0 spiro atoms. The van der Waals surface area contributed by atoms with Gasteiger partial charge >= 0.3 is 0 Å². The van der Waals surface area contributed by atoms with Crippen LogP contribution in [0.5, 0.6) is 0 Å². The van der Waals surface area contributed by atoms with E-state index < -0.39 is 0 Å². The van der Waals surface area contributed by atoms with Gasteiger partial charge in [0.1, 0.15) is 0 Å². The Kier molecular flexibility index (Phi) is 7.74. The molecule has 2 N–H and O–H groups in total. The van der Waals surface area contributed by atoms with E-state index in [1.807, 2.05) is 0 Å². The van der Waals surface area contributed by atoms with E-state index in [0.29, 0.717) is 11.5 Å². The molecule has 0 rings (SSSR count). The fourth-order valence-corrected chi connectivity index (χ4v) is 1.83. The normalized spacial score (nSPS) is 9.80. The number of aliphatic hydroxyl groups excluding tert-OH is 2. The molecule has 0 atom stereocenters. The van der Waals surface area contributed by atoms with Crippen LogP contribution >= 0.6 is 23.5 Å². The summed E-state index contributed by atoms with van der Waals surface area (Å²) in [6.07, 6.45) is 0. The van der Waals surface area contributed by atoms with Crippen LogP contribution in [0.4, 0.5) is 0 Å². The molecule has 0 aromatic carbocycles. The number of thioether (sulfide) groups is 2. The van der Waals surface area contributed by atoms with Gasteiger partial charge in [-0.15, -0.1) is 23.5 Å². The highest BCUT2D eigenvalue weighted by Crippen LogP contribution is 2.25. The van der Waals surface area contributed by atoms with E-state index >= 15 is 0 Å². The molecule has 0 aromatic rings. The van der Waals surface area contributed by atoms with E-state index in [9.17, 15) is 0 Å².